The van der Waals surface area contributed by atoms with Gasteiger partial charge in [-0.2, -0.15) is 4.57 Å². The highest BCUT2D eigenvalue weighted by Crippen LogP contribution is 2.11. The fourth-order valence-corrected chi connectivity index (χ4v) is 2.68. The smallest absolute Gasteiger partial charge is 0.290 e. The lowest BCUT2D eigenvalue weighted by Gasteiger charge is -2.06. The highest BCUT2D eigenvalue weighted by atomic mass is 16.2. The number of pyridine rings is 1. The molecule has 5 nitrogen and oxygen atoms in total. The number of aryl methyl sites for hydroxylation is 2. The highest BCUT2D eigenvalue weighted by molar-refractivity contribution is 6.03. The maximum atomic E-state index is 12.5. The normalized spacial score (nSPS) is 10.3. The summed E-state index contributed by atoms with van der Waals surface area (Å²) in [5.41, 5.74) is 4.19. The Hall–Kier alpha value is -3.47. The van der Waals surface area contributed by atoms with E-state index in [9.17, 15) is 9.59 Å². The first kappa shape index (κ1) is 18.3. The van der Waals surface area contributed by atoms with Gasteiger partial charge in [0.25, 0.3) is 11.8 Å². The summed E-state index contributed by atoms with van der Waals surface area (Å²) in [7, 11) is 0. The molecule has 0 atom stereocenters. The lowest BCUT2D eigenvalue weighted by Crippen LogP contribution is -2.40. The molecule has 2 N–H and O–H groups in total. The number of carbonyl (C=O) groups excluding carboxylic acids is 2. The van der Waals surface area contributed by atoms with Crippen LogP contribution in [0.2, 0.25) is 0 Å². The van der Waals surface area contributed by atoms with Crippen LogP contribution in [-0.4, -0.2) is 11.8 Å². The zero-order valence-corrected chi connectivity index (χ0v) is 15.4. The number of hydrogen-bond acceptors (Lipinski definition) is 2. The minimum atomic E-state index is -0.214. The number of aromatic nitrogens is 1. The maximum absolute atomic E-state index is 12.5. The Morgan fingerprint density at radius 3 is 2.37 bits per heavy atom. The Labute approximate surface area is 158 Å². The Balaban J connectivity index is 1.65. The summed E-state index contributed by atoms with van der Waals surface area (Å²) in [6, 6.07) is 18.7. The number of benzene rings is 2. The van der Waals surface area contributed by atoms with Crippen molar-refractivity contribution in [3.63, 3.8) is 0 Å². The summed E-state index contributed by atoms with van der Waals surface area (Å²) in [5.74, 6) is -0.367. The van der Waals surface area contributed by atoms with Crippen LogP contribution in [0, 0.1) is 13.8 Å². The molecule has 3 aromatic rings. The fraction of sp³-hybridized carbons (Fsp3) is 0.136. The summed E-state index contributed by atoms with van der Waals surface area (Å²) in [6.07, 6.45) is 3.43. The second-order valence-corrected chi connectivity index (χ2v) is 6.50. The van der Waals surface area contributed by atoms with Gasteiger partial charge in [0.1, 0.15) is 5.56 Å². The van der Waals surface area contributed by atoms with Crippen molar-refractivity contribution in [2.75, 3.05) is 10.6 Å². The molecule has 0 radical (unpaired) electrons. The second kappa shape index (κ2) is 8.27. The van der Waals surface area contributed by atoms with E-state index in [1.807, 2.05) is 62.4 Å². The van der Waals surface area contributed by atoms with Crippen LogP contribution in [0.5, 0.6) is 0 Å². The van der Waals surface area contributed by atoms with E-state index in [1.165, 1.54) is 0 Å². The summed E-state index contributed by atoms with van der Waals surface area (Å²) >= 11 is 0. The lowest BCUT2D eigenvalue weighted by atomic mass is 10.2. The fourth-order valence-electron chi connectivity index (χ4n) is 2.68. The molecular formula is C22H22N3O2+. The Morgan fingerprint density at radius 1 is 0.852 bits per heavy atom. The molecule has 0 spiro atoms. The average molecular weight is 360 g/mol. The van der Waals surface area contributed by atoms with Crippen LogP contribution < -0.4 is 15.2 Å². The quantitative estimate of drug-likeness (QED) is 0.684. The molecule has 1 aromatic heterocycles. The molecule has 0 saturated heterocycles. The van der Waals surface area contributed by atoms with Gasteiger partial charge in [0.15, 0.2) is 12.4 Å². The third-order valence-corrected chi connectivity index (χ3v) is 4.06. The van der Waals surface area contributed by atoms with Crippen molar-refractivity contribution in [2.24, 2.45) is 0 Å². The van der Waals surface area contributed by atoms with Crippen LogP contribution in [0.25, 0.3) is 0 Å². The average Bonchev–Trinajstić information content (AvgIpc) is 2.64. The topological polar surface area (TPSA) is 62.1 Å². The third-order valence-electron chi connectivity index (χ3n) is 4.06. The van der Waals surface area contributed by atoms with Crippen molar-refractivity contribution in [3.05, 3.63) is 89.7 Å². The molecule has 27 heavy (non-hydrogen) atoms. The molecule has 0 aliphatic rings. The highest BCUT2D eigenvalue weighted by Gasteiger charge is 2.14. The van der Waals surface area contributed by atoms with Crippen molar-refractivity contribution < 1.29 is 14.2 Å². The van der Waals surface area contributed by atoms with Crippen molar-refractivity contribution in [1.29, 1.82) is 0 Å². The zero-order valence-electron chi connectivity index (χ0n) is 15.4. The van der Waals surface area contributed by atoms with Gasteiger partial charge in [-0.25, -0.2) is 0 Å². The summed E-state index contributed by atoms with van der Waals surface area (Å²) in [4.78, 5) is 24.7. The first-order valence-corrected chi connectivity index (χ1v) is 8.73. The van der Waals surface area contributed by atoms with Gasteiger partial charge in [-0.3, -0.25) is 9.59 Å². The molecule has 0 unspecified atom stereocenters. The van der Waals surface area contributed by atoms with Crippen molar-refractivity contribution in [1.82, 2.24) is 0 Å². The molecule has 0 saturated carbocycles. The van der Waals surface area contributed by atoms with Crippen molar-refractivity contribution >= 4 is 23.2 Å². The van der Waals surface area contributed by atoms with Gasteiger partial charge in [0.05, 0.1) is 0 Å². The zero-order chi connectivity index (χ0) is 19.2. The Kier molecular flexibility index (Phi) is 5.61. The first-order chi connectivity index (χ1) is 13.0. The third kappa shape index (κ3) is 5.25. The molecule has 136 valence electrons. The van der Waals surface area contributed by atoms with E-state index in [1.54, 1.807) is 29.1 Å². The molecule has 0 aliphatic carbocycles. The second-order valence-electron chi connectivity index (χ2n) is 6.50. The van der Waals surface area contributed by atoms with Gasteiger partial charge in [0.2, 0.25) is 6.54 Å². The van der Waals surface area contributed by atoms with E-state index >= 15 is 0 Å². The Morgan fingerprint density at radius 2 is 1.63 bits per heavy atom. The Bertz CT molecular complexity index is 965. The van der Waals surface area contributed by atoms with E-state index in [0.717, 1.165) is 22.5 Å². The number of nitrogens with one attached hydrogen (secondary N) is 2. The number of amides is 2. The SMILES string of the molecule is Cc1ccc(NC(=O)C[n+]2cccc(C(=O)Nc3cccc(C)c3)c2)cc1. The van der Waals surface area contributed by atoms with Crippen LogP contribution in [0.1, 0.15) is 21.5 Å². The lowest BCUT2D eigenvalue weighted by molar-refractivity contribution is -0.684. The standard InChI is InChI=1S/C22H21N3O2/c1-16-8-10-19(11-9-16)23-21(26)15-25-12-4-6-18(14-25)22(27)24-20-7-3-5-17(2)13-20/h3-14H,15H2,1-2H3,(H-,23,24,26,27)/p+1. The van der Waals surface area contributed by atoms with Crippen LogP contribution in [0.15, 0.2) is 73.1 Å². The number of nitrogens with zero attached hydrogens (tertiary/aromatic N) is 1. The van der Waals surface area contributed by atoms with Crippen molar-refractivity contribution in [3.8, 4) is 0 Å². The summed E-state index contributed by atoms with van der Waals surface area (Å²) in [6.45, 7) is 4.09. The number of anilines is 2. The largest absolute Gasteiger partial charge is 0.322 e. The van der Waals surface area contributed by atoms with Gasteiger partial charge in [-0.1, -0.05) is 29.8 Å². The molecule has 0 bridgehead atoms. The minimum absolute atomic E-state index is 0.124. The maximum Gasteiger partial charge on any atom is 0.290 e. The van der Waals surface area contributed by atoms with Gasteiger partial charge in [0, 0.05) is 17.4 Å². The van der Waals surface area contributed by atoms with Crippen molar-refractivity contribution in [2.45, 2.75) is 20.4 Å². The number of carbonyl (C=O) groups is 2. The van der Waals surface area contributed by atoms with Gasteiger partial charge >= 0.3 is 0 Å². The summed E-state index contributed by atoms with van der Waals surface area (Å²) in [5, 5.41) is 5.72. The molecule has 0 fully saturated rings. The van der Waals surface area contributed by atoms with E-state index in [4.69, 9.17) is 0 Å². The van der Waals surface area contributed by atoms with Gasteiger partial charge in [-0.05, 0) is 49.7 Å². The van der Waals surface area contributed by atoms with Crippen LogP contribution >= 0.6 is 0 Å². The molecule has 0 aliphatic heterocycles. The van der Waals surface area contributed by atoms with E-state index in [2.05, 4.69) is 10.6 Å². The molecule has 2 amide bonds. The first-order valence-electron chi connectivity index (χ1n) is 8.73. The molecule has 3 rings (SSSR count). The van der Waals surface area contributed by atoms with Gasteiger partial charge in [-0.15, -0.1) is 0 Å². The van der Waals surface area contributed by atoms with E-state index < -0.39 is 0 Å². The van der Waals surface area contributed by atoms with Crippen LogP contribution in [0.4, 0.5) is 11.4 Å². The van der Waals surface area contributed by atoms with E-state index in [-0.39, 0.29) is 18.4 Å². The van der Waals surface area contributed by atoms with Crippen LogP contribution in [0.3, 0.4) is 0 Å². The molecule has 1 heterocycles. The van der Waals surface area contributed by atoms with E-state index in [0.29, 0.717) is 5.56 Å². The number of hydrogen-bond donors (Lipinski definition) is 2. The predicted octanol–water partition coefficient (Wildman–Crippen LogP) is 3.48. The van der Waals surface area contributed by atoms with Gasteiger partial charge < -0.3 is 10.6 Å². The predicted molar refractivity (Wildman–Crippen MR) is 106 cm³/mol. The van der Waals surface area contributed by atoms with Crippen LogP contribution in [-0.2, 0) is 11.3 Å². The molecule has 5 heteroatoms. The molecular weight excluding hydrogens is 338 g/mol. The minimum Gasteiger partial charge on any atom is -0.322 e. The molecule has 2 aromatic carbocycles. The monoisotopic (exact) mass is 360 g/mol. The number of rotatable bonds is 5. The summed E-state index contributed by atoms with van der Waals surface area (Å²) < 4.78 is 1.69.